The molecule has 3 nitrogen and oxygen atoms in total. The number of esters is 1. The fourth-order valence-electron chi connectivity index (χ4n) is 1.73. The summed E-state index contributed by atoms with van der Waals surface area (Å²) in [5.41, 5.74) is 1.47. The Morgan fingerprint density at radius 1 is 1.28 bits per heavy atom. The third-order valence-corrected chi connectivity index (χ3v) is 2.75. The lowest BCUT2D eigenvalue weighted by Crippen LogP contribution is -2.07. The number of ether oxygens (including phenoxy) is 2. The van der Waals surface area contributed by atoms with E-state index < -0.39 is 0 Å². The van der Waals surface area contributed by atoms with Crippen LogP contribution in [0, 0.1) is 5.92 Å². The Labute approximate surface area is 109 Å². The van der Waals surface area contributed by atoms with Crippen molar-refractivity contribution in [3.05, 3.63) is 35.4 Å². The highest BCUT2D eigenvalue weighted by Crippen LogP contribution is 2.12. The van der Waals surface area contributed by atoms with Gasteiger partial charge in [0.25, 0.3) is 0 Å². The van der Waals surface area contributed by atoms with Crippen molar-refractivity contribution in [2.45, 2.75) is 33.3 Å². The van der Waals surface area contributed by atoms with Crippen LogP contribution in [-0.4, -0.2) is 19.7 Å². The first-order valence-corrected chi connectivity index (χ1v) is 6.39. The first kappa shape index (κ1) is 14.7. The first-order chi connectivity index (χ1) is 8.65. The zero-order valence-corrected chi connectivity index (χ0v) is 11.4. The van der Waals surface area contributed by atoms with E-state index in [0.717, 1.165) is 18.6 Å². The molecular weight excluding hydrogens is 228 g/mol. The van der Waals surface area contributed by atoms with Gasteiger partial charge in [-0.05, 0) is 30.4 Å². The summed E-state index contributed by atoms with van der Waals surface area (Å²) in [5.74, 6) is 0.396. The molecule has 0 radical (unpaired) electrons. The van der Waals surface area contributed by atoms with Crippen molar-refractivity contribution in [3.8, 4) is 0 Å². The Morgan fingerprint density at radius 3 is 2.67 bits per heavy atom. The molecule has 3 heteroatoms. The standard InChI is InChI=1S/C15H22O3/c1-12(2)7-6-10-18-11-13-8-4-5-9-14(13)15(16)17-3/h4-5,8-9,12H,6-7,10-11H2,1-3H3. The van der Waals surface area contributed by atoms with Gasteiger partial charge in [-0.1, -0.05) is 32.0 Å². The molecule has 0 atom stereocenters. The molecular formula is C15H22O3. The third-order valence-electron chi connectivity index (χ3n) is 2.75. The average molecular weight is 250 g/mol. The van der Waals surface area contributed by atoms with Crippen LogP contribution in [0.5, 0.6) is 0 Å². The van der Waals surface area contributed by atoms with Crippen molar-refractivity contribution in [1.29, 1.82) is 0 Å². The molecule has 1 aromatic rings. The van der Waals surface area contributed by atoms with Crippen LogP contribution in [0.3, 0.4) is 0 Å². The van der Waals surface area contributed by atoms with Crippen LogP contribution in [-0.2, 0) is 16.1 Å². The van der Waals surface area contributed by atoms with E-state index in [4.69, 9.17) is 9.47 Å². The molecule has 0 aliphatic heterocycles. The average Bonchev–Trinajstić information content (AvgIpc) is 2.37. The van der Waals surface area contributed by atoms with Crippen molar-refractivity contribution < 1.29 is 14.3 Å². The molecule has 0 amide bonds. The van der Waals surface area contributed by atoms with E-state index in [1.807, 2.05) is 18.2 Å². The summed E-state index contributed by atoms with van der Waals surface area (Å²) in [6, 6.07) is 7.39. The van der Waals surface area contributed by atoms with Gasteiger partial charge in [0.2, 0.25) is 0 Å². The SMILES string of the molecule is COC(=O)c1ccccc1COCCCC(C)C. The molecule has 100 valence electrons. The summed E-state index contributed by atoms with van der Waals surface area (Å²) in [7, 11) is 1.39. The van der Waals surface area contributed by atoms with E-state index in [0.29, 0.717) is 18.1 Å². The normalized spacial score (nSPS) is 10.7. The monoisotopic (exact) mass is 250 g/mol. The quantitative estimate of drug-likeness (QED) is 0.549. The minimum Gasteiger partial charge on any atom is -0.465 e. The highest BCUT2D eigenvalue weighted by molar-refractivity contribution is 5.90. The van der Waals surface area contributed by atoms with E-state index in [2.05, 4.69) is 13.8 Å². The van der Waals surface area contributed by atoms with Crippen LogP contribution in [0.1, 0.15) is 42.6 Å². The van der Waals surface area contributed by atoms with Gasteiger partial charge in [-0.3, -0.25) is 0 Å². The summed E-state index contributed by atoms with van der Waals surface area (Å²) in [6.07, 6.45) is 2.22. The van der Waals surface area contributed by atoms with Crippen LogP contribution in [0.25, 0.3) is 0 Å². The first-order valence-electron chi connectivity index (χ1n) is 6.39. The largest absolute Gasteiger partial charge is 0.465 e. The van der Waals surface area contributed by atoms with Gasteiger partial charge in [0.05, 0.1) is 19.3 Å². The summed E-state index contributed by atoms with van der Waals surface area (Å²) in [5, 5.41) is 0. The predicted octanol–water partition coefficient (Wildman–Crippen LogP) is 3.43. The second-order valence-corrected chi connectivity index (χ2v) is 4.74. The maximum absolute atomic E-state index is 11.5. The lowest BCUT2D eigenvalue weighted by atomic mass is 10.1. The Balaban J connectivity index is 2.44. The predicted molar refractivity (Wildman–Crippen MR) is 71.5 cm³/mol. The molecule has 0 spiro atoms. The summed E-state index contributed by atoms with van der Waals surface area (Å²) in [6.45, 7) is 5.59. The van der Waals surface area contributed by atoms with Gasteiger partial charge in [0.1, 0.15) is 0 Å². The van der Waals surface area contributed by atoms with Crippen LogP contribution < -0.4 is 0 Å². The summed E-state index contributed by atoms with van der Waals surface area (Å²) < 4.78 is 10.3. The van der Waals surface area contributed by atoms with Crippen molar-refractivity contribution in [3.63, 3.8) is 0 Å². The molecule has 0 fully saturated rings. The van der Waals surface area contributed by atoms with E-state index in [1.54, 1.807) is 6.07 Å². The second-order valence-electron chi connectivity index (χ2n) is 4.74. The molecule has 18 heavy (non-hydrogen) atoms. The van der Waals surface area contributed by atoms with Gasteiger partial charge in [0.15, 0.2) is 0 Å². The molecule has 0 saturated heterocycles. The van der Waals surface area contributed by atoms with Gasteiger partial charge in [0, 0.05) is 6.61 Å². The molecule has 1 rings (SSSR count). The minimum absolute atomic E-state index is 0.309. The molecule has 1 aromatic carbocycles. The highest BCUT2D eigenvalue weighted by atomic mass is 16.5. The topological polar surface area (TPSA) is 35.5 Å². The lowest BCUT2D eigenvalue weighted by molar-refractivity contribution is 0.0591. The third kappa shape index (κ3) is 4.88. The Hall–Kier alpha value is -1.35. The summed E-state index contributed by atoms with van der Waals surface area (Å²) in [4.78, 5) is 11.5. The zero-order chi connectivity index (χ0) is 13.4. The fourth-order valence-corrected chi connectivity index (χ4v) is 1.73. The Bertz CT molecular complexity index is 372. The molecule has 0 aromatic heterocycles. The van der Waals surface area contributed by atoms with E-state index in [9.17, 15) is 4.79 Å². The molecule has 0 N–H and O–H groups in total. The lowest BCUT2D eigenvalue weighted by Gasteiger charge is -2.09. The highest BCUT2D eigenvalue weighted by Gasteiger charge is 2.10. The number of carbonyl (C=O) groups excluding carboxylic acids is 1. The van der Waals surface area contributed by atoms with Crippen molar-refractivity contribution >= 4 is 5.97 Å². The van der Waals surface area contributed by atoms with Crippen molar-refractivity contribution in [1.82, 2.24) is 0 Å². The number of hydrogen-bond acceptors (Lipinski definition) is 3. The maximum atomic E-state index is 11.5. The van der Waals surface area contributed by atoms with Crippen LogP contribution in [0.2, 0.25) is 0 Å². The van der Waals surface area contributed by atoms with Gasteiger partial charge >= 0.3 is 5.97 Å². The molecule has 0 heterocycles. The number of hydrogen-bond donors (Lipinski definition) is 0. The smallest absolute Gasteiger partial charge is 0.338 e. The minimum atomic E-state index is -0.309. The number of methoxy groups -OCH3 is 1. The number of carbonyl (C=O) groups is 1. The number of benzene rings is 1. The second kappa shape index (κ2) is 7.88. The molecule has 0 saturated carbocycles. The van der Waals surface area contributed by atoms with Gasteiger partial charge in [-0.25, -0.2) is 4.79 Å². The molecule has 0 aliphatic carbocycles. The van der Waals surface area contributed by atoms with E-state index in [1.165, 1.54) is 13.5 Å². The summed E-state index contributed by atoms with van der Waals surface area (Å²) >= 11 is 0. The van der Waals surface area contributed by atoms with Gasteiger partial charge in [-0.15, -0.1) is 0 Å². The van der Waals surface area contributed by atoms with Crippen LogP contribution in [0.15, 0.2) is 24.3 Å². The van der Waals surface area contributed by atoms with Crippen molar-refractivity contribution in [2.24, 2.45) is 5.92 Å². The van der Waals surface area contributed by atoms with Crippen LogP contribution >= 0.6 is 0 Å². The van der Waals surface area contributed by atoms with Gasteiger partial charge in [-0.2, -0.15) is 0 Å². The zero-order valence-electron chi connectivity index (χ0n) is 11.4. The number of rotatable bonds is 7. The molecule has 0 bridgehead atoms. The molecule has 0 unspecified atom stereocenters. The van der Waals surface area contributed by atoms with Crippen LogP contribution in [0.4, 0.5) is 0 Å². The molecule has 0 aliphatic rings. The van der Waals surface area contributed by atoms with Crippen molar-refractivity contribution in [2.75, 3.05) is 13.7 Å². The Kier molecular flexibility index (Phi) is 6.44. The maximum Gasteiger partial charge on any atom is 0.338 e. The fraction of sp³-hybridized carbons (Fsp3) is 0.533. The Morgan fingerprint density at radius 2 is 2.00 bits per heavy atom. The van der Waals surface area contributed by atoms with E-state index >= 15 is 0 Å². The van der Waals surface area contributed by atoms with Gasteiger partial charge < -0.3 is 9.47 Å². The van der Waals surface area contributed by atoms with E-state index in [-0.39, 0.29) is 5.97 Å².